The number of nitrogens with one attached hydrogen (secondary N) is 2. The highest BCUT2D eigenvalue weighted by Gasteiger charge is 2.39. The molecule has 3 rings (SSSR count). The molecule has 2 saturated heterocycles. The molecule has 2 aliphatic rings. The fourth-order valence-corrected chi connectivity index (χ4v) is 3.75. The third kappa shape index (κ3) is 4.85. The van der Waals surface area contributed by atoms with E-state index in [4.69, 9.17) is 9.47 Å². The van der Waals surface area contributed by atoms with E-state index in [0.29, 0.717) is 13.2 Å². The largest absolute Gasteiger partial charge is 0.383 e. The predicted molar refractivity (Wildman–Crippen MR) is 97.9 cm³/mol. The molecule has 2 amide bonds. The van der Waals surface area contributed by atoms with Crippen LogP contribution in [0.3, 0.4) is 0 Å². The van der Waals surface area contributed by atoms with Crippen molar-refractivity contribution in [3.05, 3.63) is 18.0 Å². The summed E-state index contributed by atoms with van der Waals surface area (Å²) >= 11 is 0. The first kappa shape index (κ1) is 19.8. The highest BCUT2D eigenvalue weighted by atomic mass is 16.5. The van der Waals surface area contributed by atoms with Crippen LogP contribution in [0.4, 0.5) is 0 Å². The zero-order valence-electron chi connectivity index (χ0n) is 16.1. The average molecular weight is 379 g/mol. The van der Waals surface area contributed by atoms with Crippen molar-refractivity contribution < 1.29 is 19.1 Å². The standard InChI is InChI=1S/C18H29N5O4/c1-22-11-14(10-20-22)18(5-3-8-27-18)13-19-16(24)17(25)21-15-4-6-23(12-15)7-9-26-2/h10-11,15H,3-9,12-13H2,1-2H3,(H,19,24)(H,21,25). The molecule has 1 aromatic heterocycles. The maximum atomic E-state index is 12.3. The average Bonchev–Trinajstić information content (AvgIpc) is 3.39. The number of hydrogen-bond donors (Lipinski definition) is 2. The Morgan fingerprint density at radius 2 is 2.30 bits per heavy atom. The molecule has 0 aliphatic carbocycles. The van der Waals surface area contributed by atoms with Gasteiger partial charge in [0.25, 0.3) is 0 Å². The smallest absolute Gasteiger partial charge is 0.309 e. The van der Waals surface area contributed by atoms with Gasteiger partial charge in [-0.1, -0.05) is 0 Å². The van der Waals surface area contributed by atoms with E-state index in [2.05, 4.69) is 20.6 Å². The molecule has 0 radical (unpaired) electrons. The summed E-state index contributed by atoms with van der Waals surface area (Å²) in [6.07, 6.45) is 6.19. The van der Waals surface area contributed by atoms with Gasteiger partial charge in [0.1, 0.15) is 5.60 Å². The van der Waals surface area contributed by atoms with Gasteiger partial charge in [-0.05, 0) is 19.3 Å². The molecule has 0 bridgehead atoms. The van der Waals surface area contributed by atoms with Gasteiger partial charge < -0.3 is 20.1 Å². The lowest BCUT2D eigenvalue weighted by Gasteiger charge is -2.27. The molecule has 2 atom stereocenters. The minimum Gasteiger partial charge on any atom is -0.383 e. The van der Waals surface area contributed by atoms with Gasteiger partial charge in [-0.2, -0.15) is 5.10 Å². The number of likely N-dealkylation sites (tertiary alicyclic amines) is 1. The number of carbonyl (C=O) groups is 2. The number of ether oxygens (including phenoxy) is 2. The van der Waals surface area contributed by atoms with Gasteiger partial charge >= 0.3 is 11.8 Å². The van der Waals surface area contributed by atoms with Crippen molar-refractivity contribution in [2.24, 2.45) is 7.05 Å². The summed E-state index contributed by atoms with van der Waals surface area (Å²) in [6, 6.07) is -0.00452. The van der Waals surface area contributed by atoms with Gasteiger partial charge in [0.05, 0.1) is 19.3 Å². The van der Waals surface area contributed by atoms with Crippen molar-refractivity contribution in [1.29, 1.82) is 0 Å². The Hall–Kier alpha value is -1.97. The molecule has 0 aromatic carbocycles. The van der Waals surface area contributed by atoms with Crippen molar-refractivity contribution in [1.82, 2.24) is 25.3 Å². The number of rotatable bonds is 7. The van der Waals surface area contributed by atoms with Crippen LogP contribution in [0.15, 0.2) is 12.4 Å². The van der Waals surface area contributed by atoms with Crippen molar-refractivity contribution in [2.45, 2.75) is 30.9 Å². The summed E-state index contributed by atoms with van der Waals surface area (Å²) in [5.74, 6) is -1.21. The van der Waals surface area contributed by atoms with Gasteiger partial charge in [-0.25, -0.2) is 0 Å². The van der Waals surface area contributed by atoms with Gasteiger partial charge in [0.15, 0.2) is 0 Å². The molecule has 27 heavy (non-hydrogen) atoms. The van der Waals surface area contributed by atoms with Crippen molar-refractivity contribution in [2.75, 3.05) is 46.5 Å². The maximum absolute atomic E-state index is 12.3. The lowest BCUT2D eigenvalue weighted by Crippen LogP contribution is -2.49. The van der Waals surface area contributed by atoms with Crippen molar-refractivity contribution >= 4 is 11.8 Å². The molecule has 9 heteroatoms. The molecule has 1 aromatic rings. The Labute approximate surface area is 159 Å². The number of nitrogens with zero attached hydrogens (tertiary/aromatic N) is 3. The normalized spacial score (nSPS) is 25.6. The topological polar surface area (TPSA) is 97.7 Å². The number of aryl methyl sites for hydroxylation is 1. The van der Waals surface area contributed by atoms with Crippen molar-refractivity contribution in [3.8, 4) is 0 Å². The molecule has 2 aliphatic heterocycles. The van der Waals surface area contributed by atoms with E-state index in [1.165, 1.54) is 0 Å². The van der Waals surface area contributed by atoms with Gasteiger partial charge in [0.2, 0.25) is 0 Å². The highest BCUT2D eigenvalue weighted by Crippen LogP contribution is 2.35. The van der Waals surface area contributed by atoms with E-state index in [0.717, 1.165) is 44.5 Å². The summed E-state index contributed by atoms with van der Waals surface area (Å²) in [5.41, 5.74) is 0.321. The first-order chi connectivity index (χ1) is 13.0. The van der Waals surface area contributed by atoms with E-state index >= 15 is 0 Å². The highest BCUT2D eigenvalue weighted by molar-refractivity contribution is 6.35. The first-order valence-corrected chi connectivity index (χ1v) is 9.45. The number of hydrogen-bond acceptors (Lipinski definition) is 6. The van der Waals surface area contributed by atoms with E-state index in [9.17, 15) is 9.59 Å². The molecule has 2 unspecified atom stereocenters. The second-order valence-electron chi connectivity index (χ2n) is 7.28. The summed E-state index contributed by atoms with van der Waals surface area (Å²) < 4.78 is 12.7. The lowest BCUT2D eigenvalue weighted by molar-refractivity contribution is -0.140. The minimum absolute atomic E-state index is 0.00452. The number of methoxy groups -OCH3 is 1. The van der Waals surface area contributed by atoms with E-state index < -0.39 is 17.4 Å². The molecular formula is C18H29N5O4. The van der Waals surface area contributed by atoms with Crippen LogP contribution in [0.2, 0.25) is 0 Å². The Balaban J connectivity index is 1.49. The molecule has 0 spiro atoms. The third-order valence-electron chi connectivity index (χ3n) is 5.29. The van der Waals surface area contributed by atoms with E-state index in [1.807, 2.05) is 13.2 Å². The van der Waals surface area contributed by atoms with Crippen LogP contribution in [-0.2, 0) is 31.7 Å². The molecular weight excluding hydrogens is 350 g/mol. The lowest BCUT2D eigenvalue weighted by atomic mass is 9.93. The van der Waals surface area contributed by atoms with Crippen LogP contribution in [0.5, 0.6) is 0 Å². The Kier molecular flexibility index (Phi) is 6.46. The van der Waals surface area contributed by atoms with Crippen LogP contribution < -0.4 is 10.6 Å². The second-order valence-corrected chi connectivity index (χ2v) is 7.28. The molecule has 150 valence electrons. The van der Waals surface area contributed by atoms with Crippen LogP contribution in [0.25, 0.3) is 0 Å². The molecule has 2 fully saturated rings. The summed E-state index contributed by atoms with van der Waals surface area (Å²) in [4.78, 5) is 26.8. The van der Waals surface area contributed by atoms with Crippen LogP contribution in [0.1, 0.15) is 24.8 Å². The van der Waals surface area contributed by atoms with Gasteiger partial charge in [0, 0.05) is 58.2 Å². The maximum Gasteiger partial charge on any atom is 0.309 e. The zero-order valence-corrected chi connectivity index (χ0v) is 16.1. The van der Waals surface area contributed by atoms with Gasteiger partial charge in [-0.15, -0.1) is 0 Å². The molecule has 2 N–H and O–H groups in total. The number of amides is 2. The number of aromatic nitrogens is 2. The predicted octanol–water partition coefficient (Wildman–Crippen LogP) is -0.621. The van der Waals surface area contributed by atoms with Crippen molar-refractivity contribution in [3.63, 3.8) is 0 Å². The molecule has 9 nitrogen and oxygen atoms in total. The number of carbonyl (C=O) groups excluding carboxylic acids is 2. The van der Waals surface area contributed by atoms with E-state index in [-0.39, 0.29) is 12.6 Å². The minimum atomic E-state index is -0.621. The van der Waals surface area contributed by atoms with E-state index in [1.54, 1.807) is 18.0 Å². The molecule has 3 heterocycles. The SMILES string of the molecule is COCCN1CCC(NC(=O)C(=O)NCC2(c3cnn(C)c3)CCCO2)C1. The third-order valence-corrected chi connectivity index (χ3v) is 5.29. The second kappa shape index (κ2) is 8.81. The summed E-state index contributed by atoms with van der Waals surface area (Å²) in [5, 5.41) is 9.77. The quantitative estimate of drug-likeness (QED) is 0.613. The molecule has 0 saturated carbocycles. The Morgan fingerprint density at radius 1 is 1.44 bits per heavy atom. The Bertz CT molecular complexity index is 656. The zero-order chi connectivity index (χ0) is 19.3. The fraction of sp³-hybridized carbons (Fsp3) is 0.722. The van der Waals surface area contributed by atoms with Crippen LogP contribution in [0, 0.1) is 0 Å². The summed E-state index contributed by atoms with van der Waals surface area (Å²) in [7, 11) is 3.52. The first-order valence-electron chi connectivity index (χ1n) is 9.45. The van der Waals surface area contributed by atoms with Gasteiger partial charge in [-0.3, -0.25) is 19.2 Å². The monoisotopic (exact) mass is 379 g/mol. The van der Waals surface area contributed by atoms with Crippen LogP contribution >= 0.6 is 0 Å². The van der Waals surface area contributed by atoms with Crippen LogP contribution in [-0.4, -0.2) is 79.0 Å². The fourth-order valence-electron chi connectivity index (χ4n) is 3.75. The Morgan fingerprint density at radius 3 is 2.96 bits per heavy atom. The summed E-state index contributed by atoms with van der Waals surface area (Å²) in [6.45, 7) is 4.03.